The lowest BCUT2D eigenvalue weighted by atomic mass is 10.2. The van der Waals surface area contributed by atoms with Crippen LogP contribution in [-0.2, 0) is 0 Å². The van der Waals surface area contributed by atoms with Crippen LogP contribution in [0.2, 0.25) is 0 Å². The molecule has 5 nitrogen and oxygen atoms in total. The number of nitrogens with one attached hydrogen (secondary N) is 1. The van der Waals surface area contributed by atoms with E-state index in [-0.39, 0.29) is 6.04 Å². The van der Waals surface area contributed by atoms with Gasteiger partial charge in [0, 0.05) is 12.1 Å². The van der Waals surface area contributed by atoms with Gasteiger partial charge in [-0.2, -0.15) is 0 Å². The average molecular weight is 277 g/mol. The Kier molecular flexibility index (Phi) is 4.49. The van der Waals surface area contributed by atoms with E-state index in [1.807, 2.05) is 12.1 Å². The Morgan fingerprint density at radius 3 is 2.30 bits per heavy atom. The zero-order valence-corrected chi connectivity index (χ0v) is 12.9. The quantitative estimate of drug-likeness (QED) is 0.882. The molecule has 0 fully saturated rings. The Labute approximate surface area is 119 Å². The molecule has 0 saturated carbocycles. The number of rotatable bonds is 6. The SMILES string of the molecule is CCN(CC)C(C)c1nc2cc(OC)c(OC)cc2[nH]1. The second-order valence-corrected chi connectivity index (χ2v) is 4.74. The average Bonchev–Trinajstić information content (AvgIpc) is 2.89. The van der Waals surface area contributed by atoms with Crippen molar-refractivity contribution in [2.75, 3.05) is 27.3 Å². The monoisotopic (exact) mass is 277 g/mol. The number of fused-ring (bicyclic) bond motifs is 1. The number of aromatic nitrogens is 2. The van der Waals surface area contributed by atoms with Gasteiger partial charge < -0.3 is 14.5 Å². The highest BCUT2D eigenvalue weighted by Gasteiger charge is 2.17. The van der Waals surface area contributed by atoms with Crippen molar-refractivity contribution in [1.82, 2.24) is 14.9 Å². The van der Waals surface area contributed by atoms with Gasteiger partial charge in [0.05, 0.1) is 31.3 Å². The third-order valence-corrected chi connectivity index (χ3v) is 3.76. The summed E-state index contributed by atoms with van der Waals surface area (Å²) in [6, 6.07) is 4.09. The highest BCUT2D eigenvalue weighted by Crippen LogP contribution is 2.32. The minimum Gasteiger partial charge on any atom is -0.493 e. The first-order valence-electron chi connectivity index (χ1n) is 7.00. The van der Waals surface area contributed by atoms with Crippen LogP contribution in [0.1, 0.15) is 32.6 Å². The van der Waals surface area contributed by atoms with E-state index in [0.717, 1.165) is 29.9 Å². The number of nitrogens with zero attached hydrogens (tertiary/aromatic N) is 2. The fourth-order valence-corrected chi connectivity index (χ4v) is 2.50. The van der Waals surface area contributed by atoms with Gasteiger partial charge in [-0.05, 0) is 20.0 Å². The van der Waals surface area contributed by atoms with E-state index in [4.69, 9.17) is 9.47 Å². The van der Waals surface area contributed by atoms with Gasteiger partial charge in [0.1, 0.15) is 5.82 Å². The van der Waals surface area contributed by atoms with Gasteiger partial charge in [-0.15, -0.1) is 0 Å². The summed E-state index contributed by atoms with van der Waals surface area (Å²) in [4.78, 5) is 10.4. The van der Waals surface area contributed by atoms with E-state index in [1.165, 1.54) is 0 Å². The standard InChI is InChI=1S/C15H23N3O2/c1-6-18(7-2)10(3)15-16-11-8-13(19-4)14(20-5)9-12(11)17-15/h8-10H,6-7H2,1-5H3,(H,16,17). The zero-order valence-electron chi connectivity index (χ0n) is 12.9. The molecule has 1 atom stereocenters. The highest BCUT2D eigenvalue weighted by atomic mass is 16.5. The van der Waals surface area contributed by atoms with Crippen molar-refractivity contribution in [1.29, 1.82) is 0 Å². The third kappa shape index (κ3) is 2.58. The van der Waals surface area contributed by atoms with Crippen LogP contribution in [0.5, 0.6) is 11.5 Å². The van der Waals surface area contributed by atoms with Crippen LogP contribution in [0, 0.1) is 0 Å². The molecule has 1 N–H and O–H groups in total. The van der Waals surface area contributed by atoms with Crippen molar-refractivity contribution in [2.24, 2.45) is 0 Å². The van der Waals surface area contributed by atoms with E-state index in [0.29, 0.717) is 11.5 Å². The van der Waals surface area contributed by atoms with Gasteiger partial charge in [-0.25, -0.2) is 4.98 Å². The molecule has 2 aromatic rings. The molecule has 0 amide bonds. The predicted molar refractivity (Wildman–Crippen MR) is 80.5 cm³/mol. The van der Waals surface area contributed by atoms with E-state index in [9.17, 15) is 0 Å². The summed E-state index contributed by atoms with van der Waals surface area (Å²) in [6.07, 6.45) is 0. The molecule has 20 heavy (non-hydrogen) atoms. The largest absolute Gasteiger partial charge is 0.493 e. The number of hydrogen-bond donors (Lipinski definition) is 1. The maximum atomic E-state index is 5.32. The normalized spacial score (nSPS) is 12.9. The Bertz CT molecular complexity index is 535. The predicted octanol–water partition coefficient (Wildman–Crippen LogP) is 2.98. The van der Waals surface area contributed by atoms with E-state index < -0.39 is 0 Å². The van der Waals surface area contributed by atoms with Gasteiger partial charge in [0.25, 0.3) is 0 Å². The van der Waals surface area contributed by atoms with Crippen LogP contribution in [0.4, 0.5) is 0 Å². The van der Waals surface area contributed by atoms with Gasteiger partial charge in [0.2, 0.25) is 0 Å². The number of aromatic amines is 1. The fraction of sp³-hybridized carbons (Fsp3) is 0.533. The maximum Gasteiger partial charge on any atom is 0.163 e. The molecule has 1 unspecified atom stereocenters. The maximum absolute atomic E-state index is 5.32. The Morgan fingerprint density at radius 2 is 1.75 bits per heavy atom. The molecule has 0 spiro atoms. The topological polar surface area (TPSA) is 50.4 Å². The minimum absolute atomic E-state index is 0.259. The van der Waals surface area contributed by atoms with Crippen LogP contribution < -0.4 is 9.47 Å². The smallest absolute Gasteiger partial charge is 0.163 e. The summed E-state index contributed by atoms with van der Waals surface area (Å²) in [5.74, 6) is 2.39. The second kappa shape index (κ2) is 6.13. The number of H-pyrrole nitrogens is 1. The fourth-order valence-electron chi connectivity index (χ4n) is 2.50. The summed E-state index contributed by atoms with van der Waals surface area (Å²) < 4.78 is 10.6. The molecule has 1 aromatic carbocycles. The van der Waals surface area contributed by atoms with E-state index in [2.05, 4.69) is 35.6 Å². The molecule has 0 radical (unpaired) electrons. The van der Waals surface area contributed by atoms with Crippen molar-refractivity contribution < 1.29 is 9.47 Å². The van der Waals surface area contributed by atoms with Gasteiger partial charge >= 0.3 is 0 Å². The van der Waals surface area contributed by atoms with Gasteiger partial charge in [-0.1, -0.05) is 13.8 Å². The molecular formula is C15H23N3O2. The van der Waals surface area contributed by atoms with E-state index >= 15 is 0 Å². The molecule has 0 aliphatic carbocycles. The molecular weight excluding hydrogens is 254 g/mol. The number of imidazole rings is 1. The zero-order chi connectivity index (χ0) is 14.7. The summed E-state index contributed by atoms with van der Waals surface area (Å²) in [5.41, 5.74) is 1.87. The van der Waals surface area contributed by atoms with Crippen molar-refractivity contribution in [2.45, 2.75) is 26.8 Å². The molecule has 5 heteroatoms. The van der Waals surface area contributed by atoms with Gasteiger partial charge in [-0.3, -0.25) is 4.90 Å². The van der Waals surface area contributed by atoms with Crippen molar-refractivity contribution in [3.8, 4) is 11.5 Å². The highest BCUT2D eigenvalue weighted by molar-refractivity contribution is 5.79. The molecule has 110 valence electrons. The van der Waals surface area contributed by atoms with Crippen molar-refractivity contribution >= 4 is 11.0 Å². The van der Waals surface area contributed by atoms with Crippen LogP contribution >= 0.6 is 0 Å². The molecule has 1 aromatic heterocycles. The summed E-state index contributed by atoms with van der Waals surface area (Å²) in [5, 5.41) is 0. The minimum atomic E-state index is 0.259. The van der Waals surface area contributed by atoms with Crippen molar-refractivity contribution in [3.63, 3.8) is 0 Å². The number of methoxy groups -OCH3 is 2. The number of ether oxygens (including phenoxy) is 2. The van der Waals surface area contributed by atoms with Gasteiger partial charge in [0.15, 0.2) is 11.5 Å². The van der Waals surface area contributed by atoms with E-state index in [1.54, 1.807) is 14.2 Å². The summed E-state index contributed by atoms with van der Waals surface area (Å²) in [7, 11) is 3.27. The van der Waals surface area contributed by atoms with Crippen LogP contribution in [0.3, 0.4) is 0 Å². The first kappa shape index (κ1) is 14.7. The van der Waals surface area contributed by atoms with Crippen molar-refractivity contribution in [3.05, 3.63) is 18.0 Å². The molecule has 0 bridgehead atoms. The first-order chi connectivity index (χ1) is 9.64. The van der Waals surface area contributed by atoms with Crippen LogP contribution in [0.15, 0.2) is 12.1 Å². The molecule has 0 saturated heterocycles. The third-order valence-electron chi connectivity index (χ3n) is 3.76. The molecule has 0 aliphatic heterocycles. The Balaban J connectivity index is 2.43. The molecule has 2 rings (SSSR count). The second-order valence-electron chi connectivity index (χ2n) is 4.74. The number of hydrogen-bond acceptors (Lipinski definition) is 4. The molecule has 1 heterocycles. The lowest BCUT2D eigenvalue weighted by Gasteiger charge is -2.24. The molecule has 0 aliphatic rings. The summed E-state index contributed by atoms with van der Waals surface area (Å²) >= 11 is 0. The number of benzene rings is 1. The Morgan fingerprint density at radius 1 is 1.15 bits per heavy atom. The first-order valence-corrected chi connectivity index (χ1v) is 7.00. The Hall–Kier alpha value is -1.75. The lowest BCUT2D eigenvalue weighted by Crippen LogP contribution is -2.27. The lowest BCUT2D eigenvalue weighted by molar-refractivity contribution is 0.227. The van der Waals surface area contributed by atoms with Crippen LogP contribution in [0.25, 0.3) is 11.0 Å². The van der Waals surface area contributed by atoms with Crippen LogP contribution in [-0.4, -0.2) is 42.2 Å². The summed E-state index contributed by atoms with van der Waals surface area (Å²) in [6.45, 7) is 8.49.